The van der Waals surface area contributed by atoms with Gasteiger partial charge >= 0.3 is 12.0 Å². The molecule has 0 radical (unpaired) electrons. The van der Waals surface area contributed by atoms with Gasteiger partial charge in [0.25, 0.3) is 5.91 Å². The number of esters is 1. The topological polar surface area (TPSA) is 156 Å². The summed E-state index contributed by atoms with van der Waals surface area (Å²) < 4.78 is 32.0. The first kappa shape index (κ1) is 23.8. The molecule has 11 heteroatoms. The van der Waals surface area contributed by atoms with E-state index in [1.165, 1.54) is 19.1 Å². The maximum absolute atomic E-state index is 13.1. The Kier molecular flexibility index (Phi) is 6.90. The Balaban J connectivity index is 2.23. The van der Waals surface area contributed by atoms with E-state index in [2.05, 4.69) is 0 Å². The number of hydrogen-bond acceptors (Lipinski definition) is 7. The molecule has 10 nitrogen and oxygen atoms in total. The van der Waals surface area contributed by atoms with Crippen molar-refractivity contribution in [3.05, 3.63) is 29.8 Å². The minimum atomic E-state index is -4.11. The molecule has 3 amide bonds. The fourth-order valence-corrected chi connectivity index (χ4v) is 4.68. The Morgan fingerprint density at radius 1 is 1.23 bits per heavy atom. The van der Waals surface area contributed by atoms with Gasteiger partial charge in [0.2, 0.25) is 10.0 Å². The number of nitrogens with zero attached hydrogens (tertiary/aromatic N) is 1. The number of rotatable bonds is 5. The van der Waals surface area contributed by atoms with Gasteiger partial charge in [0.15, 0.2) is 6.10 Å². The molecule has 4 N–H and O–H groups in total. The van der Waals surface area contributed by atoms with Crippen LogP contribution in [0.15, 0.2) is 29.2 Å². The normalized spacial score (nSPS) is 21.1. The summed E-state index contributed by atoms with van der Waals surface area (Å²) in [5, 5.41) is 11.8. The van der Waals surface area contributed by atoms with Crippen molar-refractivity contribution in [2.24, 2.45) is 5.73 Å². The highest BCUT2D eigenvalue weighted by Crippen LogP contribution is 2.29. The number of aliphatic hydroxyl groups excluding tert-OH is 1. The standard InChI is InChI=1S/C19H27N3O7S/c1-11(16(24)21-18(20)26)29-17(25)15-9-13(23)10-22(15)30(27,28)14-7-5-12(6-8-14)19(2,3)4/h5-8,11,13,15,23H,9-10H2,1-4H3,(H3,20,21,24,26). The van der Waals surface area contributed by atoms with E-state index >= 15 is 0 Å². The highest BCUT2D eigenvalue weighted by molar-refractivity contribution is 7.89. The molecule has 0 aliphatic carbocycles. The largest absolute Gasteiger partial charge is 0.451 e. The first-order valence-electron chi connectivity index (χ1n) is 9.34. The third-order valence-corrected chi connectivity index (χ3v) is 6.63. The van der Waals surface area contributed by atoms with Crippen molar-refractivity contribution >= 4 is 27.9 Å². The minimum absolute atomic E-state index is 0.0260. The van der Waals surface area contributed by atoms with Crippen molar-refractivity contribution < 1.29 is 32.6 Å². The van der Waals surface area contributed by atoms with Crippen LogP contribution in [0.25, 0.3) is 0 Å². The number of β-amino-alcohol motifs (C(OH)–C–C–N with tert-alkyl or cyclic N) is 1. The SMILES string of the molecule is CC(OC(=O)C1CC(O)CN1S(=O)(=O)c1ccc(C(C)(C)C)cc1)C(=O)NC(N)=O. The van der Waals surface area contributed by atoms with E-state index in [1.807, 2.05) is 20.8 Å². The lowest BCUT2D eigenvalue weighted by atomic mass is 9.87. The zero-order chi connectivity index (χ0) is 22.9. The van der Waals surface area contributed by atoms with Crippen molar-refractivity contribution in [2.45, 2.75) is 62.7 Å². The predicted molar refractivity (Wildman–Crippen MR) is 107 cm³/mol. The molecule has 3 atom stereocenters. The summed E-state index contributed by atoms with van der Waals surface area (Å²) in [4.78, 5) is 35.0. The number of aliphatic hydroxyl groups is 1. The number of ether oxygens (including phenoxy) is 1. The number of sulfonamides is 1. The first-order chi connectivity index (χ1) is 13.7. The molecule has 0 aromatic heterocycles. The average molecular weight is 442 g/mol. The van der Waals surface area contributed by atoms with Crippen LogP contribution < -0.4 is 11.1 Å². The van der Waals surface area contributed by atoms with Crippen LogP contribution >= 0.6 is 0 Å². The van der Waals surface area contributed by atoms with Crippen molar-refractivity contribution in [3.63, 3.8) is 0 Å². The summed E-state index contributed by atoms with van der Waals surface area (Å²) in [6.07, 6.45) is -2.62. The summed E-state index contributed by atoms with van der Waals surface area (Å²) in [6.45, 7) is 6.91. The maximum Gasteiger partial charge on any atom is 0.325 e. The van der Waals surface area contributed by atoms with Crippen molar-refractivity contribution in [1.82, 2.24) is 9.62 Å². The summed E-state index contributed by atoms with van der Waals surface area (Å²) >= 11 is 0. The molecule has 3 unspecified atom stereocenters. The molecular weight excluding hydrogens is 414 g/mol. The molecule has 2 rings (SSSR count). The molecule has 166 valence electrons. The lowest BCUT2D eigenvalue weighted by Crippen LogP contribution is -2.46. The Bertz CT molecular complexity index is 922. The van der Waals surface area contributed by atoms with Crippen molar-refractivity contribution in [1.29, 1.82) is 0 Å². The fraction of sp³-hybridized carbons (Fsp3) is 0.526. The highest BCUT2D eigenvalue weighted by Gasteiger charge is 2.45. The van der Waals surface area contributed by atoms with Crippen LogP contribution in [-0.4, -0.2) is 60.5 Å². The molecule has 1 saturated heterocycles. The lowest BCUT2D eigenvalue weighted by Gasteiger charge is -2.24. The van der Waals surface area contributed by atoms with Gasteiger partial charge in [0.05, 0.1) is 11.0 Å². The van der Waals surface area contributed by atoms with E-state index in [0.717, 1.165) is 9.87 Å². The molecule has 0 spiro atoms. The first-order valence-corrected chi connectivity index (χ1v) is 10.8. The molecule has 0 saturated carbocycles. The molecule has 1 aromatic carbocycles. The lowest BCUT2D eigenvalue weighted by molar-refractivity contribution is -0.157. The fourth-order valence-electron chi connectivity index (χ4n) is 3.06. The molecule has 30 heavy (non-hydrogen) atoms. The second kappa shape index (κ2) is 8.70. The summed E-state index contributed by atoms with van der Waals surface area (Å²) in [5.41, 5.74) is 5.62. The van der Waals surface area contributed by atoms with Gasteiger partial charge < -0.3 is 15.6 Å². The molecule has 1 fully saturated rings. The Labute approximate surface area is 175 Å². The highest BCUT2D eigenvalue weighted by atomic mass is 32.2. The number of primary amides is 1. The van der Waals surface area contributed by atoms with E-state index < -0.39 is 46.2 Å². The van der Waals surface area contributed by atoms with Gasteiger partial charge in [0.1, 0.15) is 6.04 Å². The zero-order valence-electron chi connectivity index (χ0n) is 17.3. The van der Waals surface area contributed by atoms with Crippen molar-refractivity contribution in [3.8, 4) is 0 Å². The third kappa shape index (κ3) is 5.35. The van der Waals surface area contributed by atoms with Crippen LogP contribution in [0.3, 0.4) is 0 Å². The van der Waals surface area contributed by atoms with Crippen LogP contribution in [0.4, 0.5) is 4.79 Å². The van der Waals surface area contributed by atoms with E-state index in [4.69, 9.17) is 10.5 Å². The van der Waals surface area contributed by atoms with Crippen LogP contribution in [0, 0.1) is 0 Å². The van der Waals surface area contributed by atoms with Gasteiger partial charge in [0, 0.05) is 13.0 Å². The van der Waals surface area contributed by atoms with Crippen LogP contribution in [0.5, 0.6) is 0 Å². The quantitative estimate of drug-likeness (QED) is 0.552. The maximum atomic E-state index is 13.1. The van der Waals surface area contributed by atoms with Crippen molar-refractivity contribution in [2.75, 3.05) is 6.54 Å². The van der Waals surface area contributed by atoms with Gasteiger partial charge in [-0.1, -0.05) is 32.9 Å². The molecular formula is C19H27N3O7S. The number of carbonyl (C=O) groups excluding carboxylic acids is 3. The zero-order valence-corrected chi connectivity index (χ0v) is 18.1. The van der Waals surface area contributed by atoms with Crippen LogP contribution in [-0.2, 0) is 29.8 Å². The van der Waals surface area contributed by atoms with Gasteiger partial charge in [-0.15, -0.1) is 0 Å². The average Bonchev–Trinajstić information content (AvgIpc) is 3.03. The summed E-state index contributed by atoms with van der Waals surface area (Å²) in [5.74, 6) is -1.95. The Hall–Kier alpha value is -2.50. The van der Waals surface area contributed by atoms with E-state index in [-0.39, 0.29) is 23.3 Å². The number of amides is 3. The number of carbonyl (C=O) groups is 3. The van der Waals surface area contributed by atoms with Crippen LogP contribution in [0.2, 0.25) is 0 Å². The van der Waals surface area contributed by atoms with Gasteiger partial charge in [-0.25, -0.2) is 13.2 Å². The Morgan fingerprint density at radius 2 is 1.80 bits per heavy atom. The molecule has 1 aromatic rings. The number of hydrogen-bond donors (Lipinski definition) is 3. The number of urea groups is 1. The smallest absolute Gasteiger partial charge is 0.325 e. The predicted octanol–water partition coefficient (Wildman–Crippen LogP) is 0.235. The van der Waals surface area contributed by atoms with E-state index in [1.54, 1.807) is 17.4 Å². The second-order valence-corrected chi connectivity index (χ2v) is 10.1. The molecule has 1 aliphatic heterocycles. The van der Waals surface area contributed by atoms with E-state index in [0.29, 0.717) is 0 Å². The molecule has 1 aliphatic rings. The molecule has 0 bridgehead atoms. The molecule has 1 heterocycles. The summed E-state index contributed by atoms with van der Waals surface area (Å²) in [7, 11) is -4.11. The van der Waals surface area contributed by atoms with Crippen LogP contribution in [0.1, 0.15) is 39.7 Å². The van der Waals surface area contributed by atoms with Gasteiger partial charge in [-0.3, -0.25) is 14.9 Å². The van der Waals surface area contributed by atoms with Gasteiger partial charge in [-0.2, -0.15) is 4.31 Å². The third-order valence-electron chi connectivity index (χ3n) is 4.74. The Morgan fingerprint density at radius 3 is 2.30 bits per heavy atom. The van der Waals surface area contributed by atoms with E-state index in [9.17, 15) is 27.9 Å². The monoisotopic (exact) mass is 441 g/mol. The minimum Gasteiger partial charge on any atom is -0.451 e. The number of nitrogens with one attached hydrogen (secondary N) is 1. The number of nitrogens with two attached hydrogens (primary N) is 1. The number of benzene rings is 1. The second-order valence-electron chi connectivity index (χ2n) is 8.19. The van der Waals surface area contributed by atoms with Gasteiger partial charge in [-0.05, 0) is 30.0 Å². The number of imide groups is 1. The summed E-state index contributed by atoms with van der Waals surface area (Å²) in [6, 6.07) is 3.88.